The Kier molecular flexibility index (Phi) is 4.49. The molecule has 3 fully saturated rings. The molecular formula is C16H19BrFN3O. The fourth-order valence-electron chi connectivity index (χ4n) is 3.34. The fourth-order valence-corrected chi connectivity index (χ4v) is 3.34. The van der Waals surface area contributed by atoms with E-state index < -0.39 is 0 Å². The monoisotopic (exact) mass is 367 g/mol. The summed E-state index contributed by atoms with van der Waals surface area (Å²) in [5.74, 6) is 1.37. The van der Waals surface area contributed by atoms with Crippen LogP contribution in [-0.4, -0.2) is 42.3 Å². The Bertz CT molecular complexity index is 623. The van der Waals surface area contributed by atoms with Gasteiger partial charge < -0.3 is 14.3 Å². The summed E-state index contributed by atoms with van der Waals surface area (Å²) in [5.41, 5.74) is 0.859. The topological polar surface area (TPSA) is 32.5 Å². The second kappa shape index (κ2) is 6.38. The molecule has 0 atom stereocenters. The normalized spacial score (nSPS) is 24.0. The van der Waals surface area contributed by atoms with Gasteiger partial charge in [-0.3, -0.25) is 0 Å². The lowest BCUT2D eigenvalue weighted by molar-refractivity contribution is 0.250. The van der Waals surface area contributed by atoms with E-state index >= 15 is 0 Å². The molecule has 3 aliphatic heterocycles. The van der Waals surface area contributed by atoms with Crippen LogP contribution in [0.1, 0.15) is 12.8 Å². The van der Waals surface area contributed by atoms with E-state index in [2.05, 4.69) is 15.0 Å². The summed E-state index contributed by atoms with van der Waals surface area (Å²) in [4.78, 5) is 4.88. The molecule has 0 saturated carbocycles. The second-order valence-corrected chi connectivity index (χ2v) is 5.82. The van der Waals surface area contributed by atoms with Gasteiger partial charge in [0, 0.05) is 43.9 Å². The van der Waals surface area contributed by atoms with Crippen molar-refractivity contribution in [2.75, 3.05) is 31.1 Å². The molecule has 4 nitrogen and oxygen atoms in total. The summed E-state index contributed by atoms with van der Waals surface area (Å²) in [5, 5.41) is 4.24. The van der Waals surface area contributed by atoms with Gasteiger partial charge in [0.2, 0.25) is 0 Å². The first kappa shape index (κ1) is 15.5. The van der Waals surface area contributed by atoms with E-state index in [-0.39, 0.29) is 22.8 Å². The average molecular weight is 368 g/mol. The van der Waals surface area contributed by atoms with E-state index in [4.69, 9.17) is 4.52 Å². The van der Waals surface area contributed by atoms with Crippen molar-refractivity contribution in [1.82, 2.24) is 10.1 Å². The number of nitrogens with zero attached hydrogens (tertiary/aromatic N) is 3. The van der Waals surface area contributed by atoms with Gasteiger partial charge in [0.15, 0.2) is 11.6 Å². The Morgan fingerprint density at radius 3 is 2.50 bits per heavy atom. The number of benzene rings is 1. The molecule has 3 aliphatic rings. The quantitative estimate of drug-likeness (QED) is 0.814. The van der Waals surface area contributed by atoms with Crippen LogP contribution in [0.3, 0.4) is 0 Å². The number of hydrogen-bond donors (Lipinski definition) is 0. The Morgan fingerprint density at radius 1 is 1.05 bits per heavy atom. The zero-order chi connectivity index (χ0) is 14.2. The molecule has 22 heavy (non-hydrogen) atoms. The minimum atomic E-state index is -0.239. The molecule has 3 saturated heterocycles. The van der Waals surface area contributed by atoms with Crippen molar-refractivity contribution in [2.45, 2.75) is 18.9 Å². The van der Waals surface area contributed by atoms with Crippen molar-refractivity contribution in [3.63, 3.8) is 0 Å². The number of piperidine rings is 1. The minimum Gasteiger partial charge on any atom is -0.354 e. The molecule has 2 bridgehead atoms. The fraction of sp³-hybridized carbons (Fsp3) is 0.438. The summed E-state index contributed by atoms with van der Waals surface area (Å²) in [6, 6.07) is 8.87. The summed E-state index contributed by atoms with van der Waals surface area (Å²) < 4.78 is 18.4. The predicted octanol–water partition coefficient (Wildman–Crippen LogP) is 3.34. The molecular weight excluding hydrogens is 349 g/mol. The zero-order valence-corrected chi connectivity index (χ0v) is 14.0. The Balaban J connectivity index is 0.00000144. The molecule has 6 heteroatoms. The van der Waals surface area contributed by atoms with Gasteiger partial charge in [-0.1, -0.05) is 5.16 Å². The maximum Gasteiger partial charge on any atom is 0.172 e. The van der Waals surface area contributed by atoms with Crippen LogP contribution in [0.25, 0.3) is 11.3 Å². The van der Waals surface area contributed by atoms with Gasteiger partial charge in [-0.25, -0.2) is 4.39 Å². The highest BCUT2D eigenvalue weighted by molar-refractivity contribution is 8.93. The molecule has 118 valence electrons. The lowest BCUT2D eigenvalue weighted by Crippen LogP contribution is -2.38. The highest BCUT2D eigenvalue weighted by Crippen LogP contribution is 2.29. The van der Waals surface area contributed by atoms with E-state index in [9.17, 15) is 4.39 Å². The van der Waals surface area contributed by atoms with E-state index in [1.165, 1.54) is 38.1 Å². The number of fused-ring (bicyclic) bond motifs is 4. The van der Waals surface area contributed by atoms with E-state index in [1.807, 2.05) is 6.07 Å². The smallest absolute Gasteiger partial charge is 0.172 e. The Hall–Kier alpha value is -1.40. The van der Waals surface area contributed by atoms with Crippen LogP contribution in [0, 0.1) is 5.82 Å². The third-order valence-corrected chi connectivity index (χ3v) is 4.58. The van der Waals surface area contributed by atoms with E-state index in [0.29, 0.717) is 11.8 Å². The van der Waals surface area contributed by atoms with Crippen LogP contribution in [-0.2, 0) is 0 Å². The maximum atomic E-state index is 13.0. The molecule has 0 unspecified atom stereocenters. The van der Waals surface area contributed by atoms with E-state index in [0.717, 1.165) is 24.5 Å². The van der Waals surface area contributed by atoms with Crippen molar-refractivity contribution < 1.29 is 8.91 Å². The van der Waals surface area contributed by atoms with Gasteiger partial charge in [-0.15, -0.1) is 17.0 Å². The first-order valence-electron chi connectivity index (χ1n) is 7.51. The first-order chi connectivity index (χ1) is 10.3. The molecule has 0 aliphatic carbocycles. The van der Waals surface area contributed by atoms with Crippen LogP contribution >= 0.6 is 17.0 Å². The third kappa shape index (κ3) is 2.90. The SMILES string of the molecule is Br.Fc1ccc(-c2cc(N3CCN4CCC3CC4)no2)cc1. The van der Waals surface area contributed by atoms with Gasteiger partial charge in [-0.05, 0) is 37.1 Å². The highest BCUT2D eigenvalue weighted by Gasteiger charge is 2.30. The molecule has 2 aromatic rings. The number of anilines is 1. The Labute approximate surface area is 139 Å². The van der Waals surface area contributed by atoms with E-state index in [1.54, 1.807) is 12.1 Å². The second-order valence-electron chi connectivity index (χ2n) is 5.82. The molecule has 0 amide bonds. The largest absolute Gasteiger partial charge is 0.354 e. The standard InChI is InChI=1S/C16H18FN3O.BrH/c17-13-3-1-12(2-4-13)15-11-16(18-21-15)20-10-9-19-7-5-14(20)6-8-19;/h1-4,11,14H,5-10H2;1H. The Morgan fingerprint density at radius 2 is 1.77 bits per heavy atom. The van der Waals surface area contributed by atoms with Gasteiger partial charge in [0.25, 0.3) is 0 Å². The van der Waals surface area contributed by atoms with Gasteiger partial charge in [-0.2, -0.15) is 0 Å². The van der Waals surface area contributed by atoms with Crippen LogP contribution in [0.15, 0.2) is 34.9 Å². The molecule has 1 aromatic carbocycles. The van der Waals surface area contributed by atoms with Gasteiger partial charge in [0.1, 0.15) is 5.82 Å². The minimum absolute atomic E-state index is 0. The highest BCUT2D eigenvalue weighted by atomic mass is 79.9. The van der Waals surface area contributed by atoms with Crippen molar-refractivity contribution in [3.05, 3.63) is 36.1 Å². The molecule has 1 aromatic heterocycles. The number of aromatic nitrogens is 1. The number of rotatable bonds is 2. The molecule has 5 rings (SSSR count). The number of hydrogen-bond acceptors (Lipinski definition) is 4. The van der Waals surface area contributed by atoms with Crippen LogP contribution in [0.2, 0.25) is 0 Å². The van der Waals surface area contributed by atoms with Crippen LogP contribution < -0.4 is 4.90 Å². The summed E-state index contributed by atoms with van der Waals surface area (Å²) >= 11 is 0. The lowest BCUT2D eigenvalue weighted by Gasteiger charge is -2.30. The van der Waals surface area contributed by atoms with Crippen LogP contribution in [0.4, 0.5) is 10.2 Å². The third-order valence-electron chi connectivity index (χ3n) is 4.58. The first-order valence-corrected chi connectivity index (χ1v) is 7.51. The van der Waals surface area contributed by atoms with Crippen molar-refractivity contribution >= 4 is 22.8 Å². The summed E-state index contributed by atoms with van der Waals surface area (Å²) in [6.07, 6.45) is 2.39. The van der Waals surface area contributed by atoms with Crippen molar-refractivity contribution in [1.29, 1.82) is 0 Å². The summed E-state index contributed by atoms with van der Waals surface area (Å²) in [6.45, 7) is 4.46. The average Bonchev–Trinajstić information content (AvgIpc) is 2.81. The number of halogens is 2. The summed E-state index contributed by atoms with van der Waals surface area (Å²) in [7, 11) is 0. The zero-order valence-electron chi connectivity index (χ0n) is 12.2. The molecule has 0 N–H and O–H groups in total. The molecule has 0 spiro atoms. The van der Waals surface area contributed by atoms with Crippen LogP contribution in [0.5, 0.6) is 0 Å². The van der Waals surface area contributed by atoms with Gasteiger partial charge in [0.05, 0.1) is 0 Å². The van der Waals surface area contributed by atoms with Crippen molar-refractivity contribution in [3.8, 4) is 11.3 Å². The van der Waals surface area contributed by atoms with Crippen molar-refractivity contribution in [2.24, 2.45) is 0 Å². The van der Waals surface area contributed by atoms with Gasteiger partial charge >= 0.3 is 0 Å². The predicted molar refractivity (Wildman–Crippen MR) is 89.0 cm³/mol. The lowest BCUT2D eigenvalue weighted by atomic mass is 10.1. The molecule has 0 radical (unpaired) electrons. The maximum absolute atomic E-state index is 13.0. The molecule has 4 heterocycles.